The summed E-state index contributed by atoms with van der Waals surface area (Å²) in [6.07, 6.45) is 2.47. The number of amides is 1. The molecule has 0 aliphatic heterocycles. The Morgan fingerprint density at radius 1 is 1.54 bits per heavy atom. The fourth-order valence-electron chi connectivity index (χ4n) is 1.60. The predicted molar refractivity (Wildman–Crippen MR) is 57.4 cm³/mol. The molecule has 0 aromatic heterocycles. The van der Waals surface area contributed by atoms with Gasteiger partial charge < -0.3 is 5.32 Å². The Bertz CT molecular complexity index is 220. The van der Waals surface area contributed by atoms with Crippen molar-refractivity contribution in [3.05, 3.63) is 0 Å². The highest BCUT2D eigenvalue weighted by molar-refractivity contribution is 14.1. The highest BCUT2D eigenvalue weighted by Gasteiger charge is 2.34. The van der Waals surface area contributed by atoms with E-state index in [0.29, 0.717) is 6.42 Å². The standard InChI is InChI=1S/C8H13IN2O2/c1-10-8(13)5-3-2-4-6(11-9)7(5)12/h5-6,11H,2-4H2,1H3,(H,10,13). The van der Waals surface area contributed by atoms with Crippen molar-refractivity contribution in [2.75, 3.05) is 7.05 Å². The molecule has 1 saturated carbocycles. The second kappa shape index (κ2) is 4.90. The molecule has 2 unspecified atom stereocenters. The van der Waals surface area contributed by atoms with E-state index in [1.54, 1.807) is 7.05 Å². The molecule has 0 aromatic rings. The maximum absolute atomic E-state index is 11.6. The number of ketones is 1. The number of hydrogen-bond acceptors (Lipinski definition) is 3. The Kier molecular flexibility index (Phi) is 4.11. The summed E-state index contributed by atoms with van der Waals surface area (Å²) >= 11 is 1.96. The van der Waals surface area contributed by atoms with Crippen LogP contribution in [0.4, 0.5) is 0 Å². The van der Waals surface area contributed by atoms with Crippen molar-refractivity contribution in [3.8, 4) is 0 Å². The molecule has 1 amide bonds. The van der Waals surface area contributed by atoms with Crippen molar-refractivity contribution in [3.63, 3.8) is 0 Å². The van der Waals surface area contributed by atoms with E-state index in [4.69, 9.17) is 0 Å². The predicted octanol–water partition coefficient (Wildman–Crippen LogP) is 0.410. The van der Waals surface area contributed by atoms with Crippen LogP contribution in [0.5, 0.6) is 0 Å². The third kappa shape index (κ3) is 2.40. The lowest BCUT2D eigenvalue weighted by atomic mass is 9.84. The Labute approximate surface area is 91.3 Å². The summed E-state index contributed by atoms with van der Waals surface area (Å²) in [6.45, 7) is 0. The lowest BCUT2D eigenvalue weighted by Crippen LogP contribution is -2.45. The Morgan fingerprint density at radius 3 is 2.77 bits per heavy atom. The van der Waals surface area contributed by atoms with E-state index in [9.17, 15) is 9.59 Å². The van der Waals surface area contributed by atoms with Gasteiger partial charge in [0.1, 0.15) is 0 Å². The minimum absolute atomic E-state index is 0.0278. The molecule has 0 saturated heterocycles. The number of carbonyl (C=O) groups is 2. The molecule has 74 valence electrons. The van der Waals surface area contributed by atoms with E-state index in [1.807, 2.05) is 22.9 Å². The monoisotopic (exact) mass is 296 g/mol. The topological polar surface area (TPSA) is 58.2 Å². The van der Waals surface area contributed by atoms with E-state index < -0.39 is 5.92 Å². The molecule has 4 nitrogen and oxygen atoms in total. The molecule has 0 spiro atoms. The van der Waals surface area contributed by atoms with Gasteiger partial charge in [-0.1, -0.05) is 6.42 Å². The number of nitrogens with one attached hydrogen (secondary N) is 2. The molecule has 0 aromatic carbocycles. The molecule has 1 aliphatic carbocycles. The van der Waals surface area contributed by atoms with Crippen LogP contribution in [-0.4, -0.2) is 24.8 Å². The Morgan fingerprint density at radius 2 is 2.23 bits per heavy atom. The molecule has 0 bridgehead atoms. The number of carbonyl (C=O) groups excluding carboxylic acids is 2. The molecular formula is C8H13IN2O2. The first-order valence-corrected chi connectivity index (χ1v) is 5.40. The van der Waals surface area contributed by atoms with Crippen LogP contribution in [0.1, 0.15) is 19.3 Å². The van der Waals surface area contributed by atoms with Crippen molar-refractivity contribution in [2.24, 2.45) is 5.92 Å². The van der Waals surface area contributed by atoms with Crippen LogP contribution < -0.4 is 8.85 Å². The number of Topliss-reactive ketones (excluding diaryl/α,β-unsaturated/α-hetero) is 1. The number of rotatable bonds is 2. The van der Waals surface area contributed by atoms with E-state index in [0.717, 1.165) is 12.8 Å². The lowest BCUT2D eigenvalue weighted by molar-refractivity contribution is -0.136. The zero-order chi connectivity index (χ0) is 9.84. The quantitative estimate of drug-likeness (QED) is 0.441. The van der Waals surface area contributed by atoms with E-state index in [1.165, 1.54) is 0 Å². The molecule has 13 heavy (non-hydrogen) atoms. The van der Waals surface area contributed by atoms with E-state index in [2.05, 4.69) is 8.85 Å². The molecule has 0 heterocycles. The largest absolute Gasteiger partial charge is 0.359 e. The summed E-state index contributed by atoms with van der Waals surface area (Å²) in [5.74, 6) is -0.563. The van der Waals surface area contributed by atoms with Crippen molar-refractivity contribution >= 4 is 34.6 Å². The molecule has 0 radical (unpaired) electrons. The van der Waals surface area contributed by atoms with Crippen molar-refractivity contribution in [2.45, 2.75) is 25.3 Å². The minimum atomic E-state index is -0.439. The van der Waals surface area contributed by atoms with Gasteiger partial charge in [0.05, 0.1) is 12.0 Å². The van der Waals surface area contributed by atoms with Gasteiger partial charge in [-0.05, 0) is 12.8 Å². The highest BCUT2D eigenvalue weighted by Crippen LogP contribution is 2.21. The minimum Gasteiger partial charge on any atom is -0.359 e. The van der Waals surface area contributed by atoms with Crippen LogP contribution >= 0.6 is 22.9 Å². The summed E-state index contributed by atoms with van der Waals surface area (Å²) in [6, 6.07) is -0.142. The van der Waals surface area contributed by atoms with Gasteiger partial charge in [0.25, 0.3) is 0 Å². The smallest absolute Gasteiger partial charge is 0.230 e. The van der Waals surface area contributed by atoms with Crippen LogP contribution in [0.2, 0.25) is 0 Å². The Balaban J connectivity index is 2.65. The van der Waals surface area contributed by atoms with Crippen molar-refractivity contribution < 1.29 is 9.59 Å². The second-order valence-electron chi connectivity index (χ2n) is 3.16. The van der Waals surface area contributed by atoms with Crippen LogP contribution in [0.25, 0.3) is 0 Å². The SMILES string of the molecule is CNC(=O)C1CCCC(NI)C1=O. The van der Waals surface area contributed by atoms with Gasteiger partial charge in [0, 0.05) is 29.9 Å². The molecule has 1 aliphatic rings. The summed E-state index contributed by atoms with van der Waals surface area (Å²) in [4.78, 5) is 22.9. The zero-order valence-corrected chi connectivity index (χ0v) is 9.63. The third-order valence-corrected chi connectivity index (χ3v) is 3.12. The first-order valence-electron chi connectivity index (χ1n) is 4.32. The highest BCUT2D eigenvalue weighted by atomic mass is 127. The zero-order valence-electron chi connectivity index (χ0n) is 7.47. The average Bonchev–Trinajstić information content (AvgIpc) is 2.17. The molecule has 2 atom stereocenters. The van der Waals surface area contributed by atoms with Crippen LogP contribution in [0.15, 0.2) is 0 Å². The van der Waals surface area contributed by atoms with Gasteiger partial charge in [-0.2, -0.15) is 0 Å². The first-order chi connectivity index (χ1) is 6.20. The molecule has 2 N–H and O–H groups in total. The average molecular weight is 296 g/mol. The molecule has 1 fully saturated rings. The maximum atomic E-state index is 11.6. The van der Waals surface area contributed by atoms with Gasteiger partial charge in [0.2, 0.25) is 5.91 Å². The number of hydrogen-bond donors (Lipinski definition) is 2. The summed E-state index contributed by atoms with van der Waals surface area (Å²) in [5, 5.41) is 2.52. The first kappa shape index (κ1) is 10.9. The van der Waals surface area contributed by atoms with Crippen LogP contribution in [0.3, 0.4) is 0 Å². The Hall–Kier alpha value is -0.170. The third-order valence-electron chi connectivity index (χ3n) is 2.37. The van der Waals surface area contributed by atoms with Gasteiger partial charge in [-0.15, -0.1) is 0 Å². The normalized spacial score (nSPS) is 28.6. The fraction of sp³-hybridized carbons (Fsp3) is 0.750. The second-order valence-corrected chi connectivity index (χ2v) is 3.78. The maximum Gasteiger partial charge on any atom is 0.230 e. The summed E-state index contributed by atoms with van der Waals surface area (Å²) in [7, 11) is 1.57. The van der Waals surface area contributed by atoms with Crippen LogP contribution in [-0.2, 0) is 9.59 Å². The summed E-state index contributed by atoms with van der Waals surface area (Å²) < 4.78 is 2.90. The van der Waals surface area contributed by atoms with Gasteiger partial charge in [0.15, 0.2) is 5.78 Å². The van der Waals surface area contributed by atoms with Gasteiger partial charge in [-0.25, -0.2) is 0 Å². The van der Waals surface area contributed by atoms with Gasteiger partial charge in [-0.3, -0.25) is 13.1 Å². The van der Waals surface area contributed by atoms with Crippen LogP contribution in [0, 0.1) is 5.92 Å². The molecule has 5 heteroatoms. The molecular weight excluding hydrogens is 283 g/mol. The number of halogens is 1. The van der Waals surface area contributed by atoms with E-state index in [-0.39, 0.29) is 17.7 Å². The fourth-order valence-corrected chi connectivity index (χ4v) is 2.21. The van der Waals surface area contributed by atoms with E-state index >= 15 is 0 Å². The summed E-state index contributed by atoms with van der Waals surface area (Å²) in [5.41, 5.74) is 0. The van der Waals surface area contributed by atoms with Gasteiger partial charge >= 0.3 is 0 Å². The lowest BCUT2D eigenvalue weighted by Gasteiger charge is -2.25. The van der Waals surface area contributed by atoms with Crippen molar-refractivity contribution in [1.82, 2.24) is 8.85 Å². The molecule has 1 rings (SSSR count). The van der Waals surface area contributed by atoms with Crippen molar-refractivity contribution in [1.29, 1.82) is 0 Å².